The van der Waals surface area contributed by atoms with Crippen molar-refractivity contribution in [2.75, 3.05) is 13.1 Å². The Hall–Kier alpha value is -1.36. The van der Waals surface area contributed by atoms with Crippen molar-refractivity contribution in [1.29, 1.82) is 0 Å². The first kappa shape index (κ1) is 13.1. The van der Waals surface area contributed by atoms with Crippen LogP contribution in [0, 0.1) is 5.92 Å². The summed E-state index contributed by atoms with van der Waals surface area (Å²) < 4.78 is 1.95. The van der Waals surface area contributed by atoms with Gasteiger partial charge in [0, 0.05) is 37.8 Å². The molecular formula is C13H22N4O. The maximum absolute atomic E-state index is 11.4. The molecule has 0 spiro atoms. The third-order valence-electron chi connectivity index (χ3n) is 3.05. The summed E-state index contributed by atoms with van der Waals surface area (Å²) in [4.78, 5) is 11.4. The highest BCUT2D eigenvalue weighted by Gasteiger charge is 2.28. The van der Waals surface area contributed by atoms with Gasteiger partial charge in [-0.3, -0.25) is 9.48 Å². The second-order valence-electron chi connectivity index (χ2n) is 5.12. The van der Waals surface area contributed by atoms with E-state index in [2.05, 4.69) is 29.6 Å². The molecule has 1 fully saturated rings. The molecule has 0 radical (unpaired) electrons. The summed E-state index contributed by atoms with van der Waals surface area (Å²) in [5, 5.41) is 10.7. The van der Waals surface area contributed by atoms with Crippen LogP contribution in [0.15, 0.2) is 12.3 Å². The van der Waals surface area contributed by atoms with E-state index in [9.17, 15) is 4.79 Å². The summed E-state index contributed by atoms with van der Waals surface area (Å²) in [6, 6.07) is 2.42. The number of hydrogen-bond donors (Lipinski definition) is 2. The van der Waals surface area contributed by atoms with Gasteiger partial charge in [-0.05, 0) is 32.8 Å². The molecular weight excluding hydrogens is 228 g/mol. The molecule has 1 amide bonds. The zero-order valence-electron chi connectivity index (χ0n) is 11.1. The predicted molar refractivity (Wildman–Crippen MR) is 70.1 cm³/mol. The Morgan fingerprint density at radius 3 is 2.89 bits per heavy atom. The van der Waals surface area contributed by atoms with Gasteiger partial charge >= 0.3 is 0 Å². The predicted octanol–water partition coefficient (Wildman–Crippen LogP) is 1.08. The summed E-state index contributed by atoms with van der Waals surface area (Å²) in [5.41, 5.74) is 1.04. The third kappa shape index (κ3) is 3.84. The fourth-order valence-corrected chi connectivity index (χ4v) is 1.74. The minimum absolute atomic E-state index is 0.209. The van der Waals surface area contributed by atoms with E-state index in [1.165, 1.54) is 0 Å². The number of carbonyl (C=O) groups excluding carboxylic acids is 1. The number of rotatable bonds is 7. The minimum Gasteiger partial charge on any atom is -0.355 e. The molecule has 0 saturated heterocycles. The van der Waals surface area contributed by atoms with Gasteiger partial charge in [0.15, 0.2) is 0 Å². The first-order valence-corrected chi connectivity index (χ1v) is 6.69. The van der Waals surface area contributed by atoms with E-state index in [1.807, 2.05) is 16.9 Å². The fourth-order valence-electron chi connectivity index (χ4n) is 1.74. The zero-order valence-corrected chi connectivity index (χ0v) is 11.1. The van der Waals surface area contributed by atoms with Gasteiger partial charge in [0.05, 0.1) is 5.69 Å². The van der Waals surface area contributed by atoms with Crippen molar-refractivity contribution < 1.29 is 4.79 Å². The van der Waals surface area contributed by atoms with Gasteiger partial charge in [-0.25, -0.2) is 0 Å². The Labute approximate surface area is 108 Å². The molecule has 100 valence electrons. The van der Waals surface area contributed by atoms with E-state index >= 15 is 0 Å². The maximum Gasteiger partial charge on any atom is 0.223 e. The average Bonchev–Trinajstić information content (AvgIpc) is 3.08. The molecule has 0 bridgehead atoms. The molecule has 1 aliphatic carbocycles. The first-order chi connectivity index (χ1) is 8.66. The molecule has 5 heteroatoms. The van der Waals surface area contributed by atoms with Gasteiger partial charge in [0.2, 0.25) is 5.91 Å². The van der Waals surface area contributed by atoms with Crippen LogP contribution < -0.4 is 10.6 Å². The van der Waals surface area contributed by atoms with E-state index in [-0.39, 0.29) is 5.91 Å². The van der Waals surface area contributed by atoms with Crippen molar-refractivity contribution in [3.8, 4) is 0 Å². The van der Waals surface area contributed by atoms with E-state index in [0.29, 0.717) is 18.5 Å². The first-order valence-electron chi connectivity index (χ1n) is 6.69. The van der Waals surface area contributed by atoms with Gasteiger partial charge in [-0.1, -0.05) is 0 Å². The van der Waals surface area contributed by atoms with Gasteiger partial charge in [0.25, 0.3) is 0 Å². The highest BCUT2D eigenvalue weighted by molar-refractivity contribution is 5.80. The van der Waals surface area contributed by atoms with Crippen LogP contribution in [0.4, 0.5) is 0 Å². The van der Waals surface area contributed by atoms with Gasteiger partial charge < -0.3 is 10.6 Å². The Morgan fingerprint density at radius 1 is 1.50 bits per heavy atom. The summed E-state index contributed by atoms with van der Waals surface area (Å²) in [7, 11) is 0. The molecule has 1 aliphatic rings. The van der Waals surface area contributed by atoms with E-state index in [1.54, 1.807) is 0 Å². The number of carbonyl (C=O) groups is 1. The van der Waals surface area contributed by atoms with Crippen molar-refractivity contribution in [3.63, 3.8) is 0 Å². The second kappa shape index (κ2) is 6.00. The van der Waals surface area contributed by atoms with E-state index in [4.69, 9.17) is 0 Å². The van der Waals surface area contributed by atoms with Crippen LogP contribution in [0.1, 0.15) is 38.4 Å². The van der Waals surface area contributed by atoms with Crippen molar-refractivity contribution in [2.24, 2.45) is 5.92 Å². The molecule has 5 nitrogen and oxygen atoms in total. The lowest BCUT2D eigenvalue weighted by molar-refractivity contribution is -0.122. The van der Waals surface area contributed by atoms with Crippen LogP contribution >= 0.6 is 0 Å². The van der Waals surface area contributed by atoms with Crippen molar-refractivity contribution in [3.05, 3.63) is 18.0 Å². The summed E-state index contributed by atoms with van der Waals surface area (Å²) in [5.74, 6) is 0.507. The van der Waals surface area contributed by atoms with Crippen LogP contribution in [-0.2, 0) is 11.3 Å². The van der Waals surface area contributed by atoms with E-state index < -0.39 is 0 Å². The normalized spacial score (nSPS) is 15.1. The molecule has 0 aliphatic heterocycles. The van der Waals surface area contributed by atoms with Crippen LogP contribution in [0.3, 0.4) is 0 Å². The number of nitrogens with zero attached hydrogens (tertiary/aromatic N) is 2. The summed E-state index contributed by atoms with van der Waals surface area (Å²) >= 11 is 0. The molecule has 0 atom stereocenters. The summed E-state index contributed by atoms with van der Waals surface area (Å²) in [6.07, 6.45) is 4.12. The maximum atomic E-state index is 11.4. The van der Waals surface area contributed by atoms with Crippen molar-refractivity contribution in [1.82, 2.24) is 20.4 Å². The molecule has 2 N–H and O–H groups in total. The quantitative estimate of drug-likeness (QED) is 0.712. The van der Waals surface area contributed by atoms with Gasteiger partial charge in [0.1, 0.15) is 0 Å². The molecule has 1 heterocycles. The van der Waals surface area contributed by atoms with Gasteiger partial charge in [-0.15, -0.1) is 0 Å². The largest absolute Gasteiger partial charge is 0.355 e. The highest BCUT2D eigenvalue weighted by atomic mass is 16.2. The fraction of sp³-hybridized carbons (Fsp3) is 0.692. The Bertz CT molecular complexity index is 395. The Balaban J connectivity index is 1.58. The number of hydrogen-bond acceptors (Lipinski definition) is 3. The molecule has 1 aromatic heterocycles. The van der Waals surface area contributed by atoms with Gasteiger partial charge in [-0.2, -0.15) is 5.10 Å². The molecule has 18 heavy (non-hydrogen) atoms. The average molecular weight is 250 g/mol. The van der Waals surface area contributed by atoms with Crippen LogP contribution in [0.2, 0.25) is 0 Å². The molecule has 0 unspecified atom stereocenters. The van der Waals surface area contributed by atoms with Crippen LogP contribution in [-0.4, -0.2) is 28.8 Å². The zero-order chi connectivity index (χ0) is 13.0. The SMILES string of the molecule is CC(C)n1ccc(CNCCNC(=O)C2CC2)n1. The topological polar surface area (TPSA) is 59.0 Å². The number of aromatic nitrogens is 2. The van der Waals surface area contributed by atoms with E-state index in [0.717, 1.165) is 31.6 Å². The third-order valence-corrected chi connectivity index (χ3v) is 3.05. The Kier molecular flexibility index (Phi) is 4.36. The molecule has 2 rings (SSSR count). The lowest BCUT2D eigenvalue weighted by atomic mass is 10.4. The second-order valence-corrected chi connectivity index (χ2v) is 5.12. The molecule has 1 aromatic rings. The van der Waals surface area contributed by atoms with Crippen molar-refractivity contribution >= 4 is 5.91 Å². The standard InChI is InChI=1S/C13H22N4O/c1-10(2)17-8-5-12(16-17)9-14-6-7-15-13(18)11-3-4-11/h5,8,10-11,14H,3-4,6-7,9H2,1-2H3,(H,15,18). The van der Waals surface area contributed by atoms with Crippen LogP contribution in [0.25, 0.3) is 0 Å². The number of amides is 1. The lowest BCUT2D eigenvalue weighted by Gasteiger charge is -2.06. The van der Waals surface area contributed by atoms with Crippen molar-refractivity contribution in [2.45, 2.75) is 39.3 Å². The van der Waals surface area contributed by atoms with Crippen LogP contribution in [0.5, 0.6) is 0 Å². The lowest BCUT2D eigenvalue weighted by Crippen LogP contribution is -2.32. The Morgan fingerprint density at radius 2 is 2.28 bits per heavy atom. The summed E-state index contributed by atoms with van der Waals surface area (Å²) in [6.45, 7) is 6.45. The minimum atomic E-state index is 0.209. The smallest absolute Gasteiger partial charge is 0.223 e. The number of nitrogens with one attached hydrogen (secondary N) is 2. The highest BCUT2D eigenvalue weighted by Crippen LogP contribution is 2.28. The molecule has 0 aromatic carbocycles. The monoisotopic (exact) mass is 250 g/mol. The molecule has 1 saturated carbocycles.